The second kappa shape index (κ2) is 20.2. The molecule has 3 N–H and O–H groups in total. The predicted octanol–water partition coefficient (Wildman–Crippen LogP) is 7.34. The summed E-state index contributed by atoms with van der Waals surface area (Å²) >= 11 is 1.76. The minimum Gasteiger partial charge on any atom is -0.497 e. The molecule has 306 valence electrons. The number of hydrogen-bond donors (Lipinski definition) is 3. The number of carbonyl (C=O) groups excluding carboxylic acids is 1. The number of thioether (sulfide) groups is 1. The maximum absolute atomic E-state index is 13.4. The molecule has 6 atom stereocenters. The lowest BCUT2D eigenvalue weighted by Crippen LogP contribution is -2.64. The third kappa shape index (κ3) is 9.57. The van der Waals surface area contributed by atoms with Crippen molar-refractivity contribution in [1.29, 1.82) is 0 Å². The molecule has 13 nitrogen and oxygen atoms in total. The number of methoxy groups -OCH3 is 2. The molecular weight excluding hydrogens is 749 g/mol. The van der Waals surface area contributed by atoms with Gasteiger partial charge in [-0.1, -0.05) is 30.1 Å². The Hall–Kier alpha value is -4.63. The Bertz CT molecular complexity index is 1880. The molecule has 1 amide bonds. The number of nitrogens with one attached hydrogen (secondary N) is 1. The Morgan fingerprint density at radius 2 is 1.86 bits per heavy atom. The van der Waals surface area contributed by atoms with Crippen LogP contribution in [0, 0.1) is 17.8 Å². The van der Waals surface area contributed by atoms with E-state index in [4.69, 9.17) is 28.5 Å². The first-order chi connectivity index (χ1) is 27.9. The number of nitrogens with zero attached hydrogens (tertiary/aromatic N) is 3. The van der Waals surface area contributed by atoms with Crippen LogP contribution in [0.3, 0.4) is 0 Å². The molecule has 0 spiro atoms. The van der Waals surface area contributed by atoms with Gasteiger partial charge < -0.3 is 38.7 Å². The smallest absolute Gasteiger partial charge is 0.417 e. The van der Waals surface area contributed by atoms with Crippen LogP contribution in [0.2, 0.25) is 0 Å². The van der Waals surface area contributed by atoms with E-state index in [2.05, 4.69) is 33.1 Å². The highest BCUT2D eigenvalue weighted by atomic mass is 32.2. The number of fused-ring (bicyclic) bond motifs is 2. The summed E-state index contributed by atoms with van der Waals surface area (Å²) in [6, 6.07) is 10.6. The van der Waals surface area contributed by atoms with E-state index in [1.807, 2.05) is 12.1 Å². The van der Waals surface area contributed by atoms with Crippen molar-refractivity contribution in [2.45, 2.75) is 68.3 Å². The third-order valence-electron chi connectivity index (χ3n) is 11.0. The van der Waals surface area contributed by atoms with Crippen LogP contribution in [0.15, 0.2) is 84.4 Å². The molecular formula is C43H54N4O9S. The van der Waals surface area contributed by atoms with E-state index in [0.717, 1.165) is 54.0 Å². The second-order valence-corrected chi connectivity index (χ2v) is 15.6. The highest BCUT2D eigenvalue weighted by Gasteiger charge is 2.64. The molecule has 6 rings (SSSR count). The first-order valence-corrected chi connectivity index (χ1v) is 20.6. The topological polar surface area (TPSA) is 163 Å². The van der Waals surface area contributed by atoms with Crippen molar-refractivity contribution in [3.05, 3.63) is 90.6 Å². The average Bonchev–Trinajstić information content (AvgIpc) is 3.23. The number of aryl methyl sites for hydroxylation is 1. The van der Waals surface area contributed by atoms with E-state index in [1.54, 1.807) is 74.9 Å². The van der Waals surface area contributed by atoms with Gasteiger partial charge in [-0.2, -0.15) is 11.8 Å². The summed E-state index contributed by atoms with van der Waals surface area (Å²) in [6.07, 6.45) is 14.5. The molecule has 3 aliphatic rings. The molecule has 2 aromatic carbocycles. The molecule has 1 aromatic heterocycles. The average molecular weight is 803 g/mol. The highest BCUT2D eigenvalue weighted by molar-refractivity contribution is 8.00. The lowest BCUT2D eigenvalue weighted by Gasteiger charge is -2.58. The van der Waals surface area contributed by atoms with Crippen LogP contribution >= 0.6 is 11.8 Å². The number of rotatable bonds is 20. The number of benzene rings is 2. The van der Waals surface area contributed by atoms with Crippen LogP contribution < -0.4 is 24.3 Å². The molecule has 0 radical (unpaired) electrons. The van der Waals surface area contributed by atoms with Crippen molar-refractivity contribution >= 4 is 29.3 Å². The van der Waals surface area contributed by atoms with Crippen molar-refractivity contribution in [3.63, 3.8) is 0 Å². The van der Waals surface area contributed by atoms with Crippen LogP contribution in [0.4, 0.5) is 10.5 Å². The molecule has 1 aliphatic heterocycles. The number of aromatic nitrogens is 2. The van der Waals surface area contributed by atoms with Gasteiger partial charge in [-0.3, -0.25) is 15.3 Å². The molecule has 57 heavy (non-hydrogen) atoms. The third-order valence-corrected chi connectivity index (χ3v) is 12.3. The number of unbranched alkanes of at least 4 members (excludes halogenated alkanes) is 2. The molecule has 2 aliphatic carbocycles. The Labute approximate surface area is 338 Å². The lowest BCUT2D eigenvalue weighted by molar-refractivity contribution is -0.223. The fourth-order valence-electron chi connectivity index (χ4n) is 8.56. The molecule has 0 saturated heterocycles. The number of ether oxygens (including phenoxy) is 5. The van der Waals surface area contributed by atoms with Crippen molar-refractivity contribution in [1.82, 2.24) is 9.97 Å². The number of anilines is 1. The summed E-state index contributed by atoms with van der Waals surface area (Å²) in [4.78, 5) is 27.7. The van der Waals surface area contributed by atoms with Gasteiger partial charge in [0.25, 0.3) is 0 Å². The first kappa shape index (κ1) is 42.0. The zero-order valence-corrected chi connectivity index (χ0v) is 33.7. The predicted molar refractivity (Wildman–Crippen MR) is 219 cm³/mol. The van der Waals surface area contributed by atoms with E-state index >= 15 is 0 Å². The van der Waals surface area contributed by atoms with Crippen LogP contribution in [0.25, 0.3) is 0 Å². The quantitative estimate of drug-likeness (QED) is 0.0593. The van der Waals surface area contributed by atoms with E-state index in [9.17, 15) is 15.0 Å². The Kier molecular flexibility index (Phi) is 14.9. The Morgan fingerprint density at radius 1 is 1.05 bits per heavy atom. The minimum atomic E-state index is -1.12. The molecule has 14 heteroatoms. The number of carbonyl (C=O) groups is 1. The standard InChI is InChI=1S/C43H54N4O9S/c1-5-21-54-43-39(57-22-16-29-27-44-17-18-45-29)26-36(47-53-4)33-23-28(10-6-8-19-48)32(11-7-9-20-49)40(41(33)43)34-24-31(13-15-37(34)56-43)55-42(50)46-35-14-12-30(51-2)25-38(35)52-3/h5,12-15,17-18,23-25,27-28,32,39-41,48-49H,1,6-11,16,19-22,26H2,2-4H3,(H,46,50)/t28-,32+,39-,40+,41+,43+/m0/s1. The number of allylic oxidation sites excluding steroid dienone is 1. The maximum Gasteiger partial charge on any atom is 0.417 e. The van der Waals surface area contributed by atoms with Gasteiger partial charge in [-0.05, 0) is 79.2 Å². The van der Waals surface area contributed by atoms with Crippen LogP contribution in [0.5, 0.6) is 23.0 Å². The van der Waals surface area contributed by atoms with Crippen molar-refractivity contribution in [2.24, 2.45) is 22.9 Å². The number of hydrogen-bond acceptors (Lipinski definition) is 13. The molecule has 0 unspecified atom stereocenters. The Balaban J connectivity index is 1.44. The number of aliphatic hydroxyl groups is 2. The van der Waals surface area contributed by atoms with E-state index in [-0.39, 0.29) is 48.7 Å². The molecule has 3 aromatic rings. The molecule has 0 bridgehead atoms. The summed E-state index contributed by atoms with van der Waals surface area (Å²) in [5.41, 5.74) is 4.09. The lowest BCUT2D eigenvalue weighted by atomic mass is 9.56. The van der Waals surface area contributed by atoms with Gasteiger partial charge >= 0.3 is 6.09 Å². The fourth-order valence-corrected chi connectivity index (χ4v) is 9.94. The van der Waals surface area contributed by atoms with Crippen molar-refractivity contribution < 1.29 is 43.5 Å². The van der Waals surface area contributed by atoms with E-state index in [0.29, 0.717) is 54.4 Å². The van der Waals surface area contributed by atoms with E-state index < -0.39 is 11.9 Å². The van der Waals surface area contributed by atoms with E-state index in [1.165, 1.54) is 7.11 Å². The van der Waals surface area contributed by atoms with Crippen molar-refractivity contribution in [2.75, 3.05) is 52.2 Å². The second-order valence-electron chi connectivity index (χ2n) is 14.3. The number of amides is 1. The summed E-state index contributed by atoms with van der Waals surface area (Å²) in [5, 5.41) is 26.9. The maximum atomic E-state index is 13.4. The monoisotopic (exact) mass is 802 g/mol. The number of aliphatic hydroxyl groups excluding tert-OH is 2. The zero-order valence-electron chi connectivity index (χ0n) is 32.9. The number of oxime groups is 1. The first-order valence-electron chi connectivity index (χ1n) is 19.6. The van der Waals surface area contributed by atoms with Gasteiger partial charge in [0.05, 0.1) is 49.1 Å². The van der Waals surface area contributed by atoms with Crippen molar-refractivity contribution in [3.8, 4) is 23.0 Å². The summed E-state index contributed by atoms with van der Waals surface area (Å²) in [7, 11) is 4.65. The van der Waals surface area contributed by atoms with Gasteiger partial charge in [0.2, 0.25) is 5.79 Å². The normalized spacial score (nSPS) is 24.0. The van der Waals surface area contributed by atoms with Crippen LogP contribution in [-0.2, 0) is 16.0 Å². The summed E-state index contributed by atoms with van der Waals surface area (Å²) in [5.74, 6) is 1.37. The summed E-state index contributed by atoms with van der Waals surface area (Å²) < 4.78 is 30.9. The largest absolute Gasteiger partial charge is 0.497 e. The zero-order chi connectivity index (χ0) is 40.2. The molecule has 1 fully saturated rings. The SMILES string of the molecule is C=CCO[C@@]12Oc3ccc(OC(=O)Nc4ccc(OC)cc4OC)cc3[C@H]3[C@H](CCCCO)[C@@H](CCCCO)C=C(C(=NOC)C[C@@H]1SCCc1cnccn1)[C@H]32. The van der Waals surface area contributed by atoms with Gasteiger partial charge in [0.15, 0.2) is 0 Å². The molecule has 1 saturated carbocycles. The fraction of sp³-hybridized carbons (Fsp3) is 0.488. The highest BCUT2D eigenvalue weighted by Crippen LogP contribution is 2.62. The van der Waals surface area contributed by atoms with Crippen LogP contribution in [-0.4, -0.2) is 89.9 Å². The Morgan fingerprint density at radius 3 is 2.58 bits per heavy atom. The van der Waals surface area contributed by atoms with Gasteiger partial charge in [0, 0.05) is 62.2 Å². The minimum absolute atomic E-state index is 0.0955. The summed E-state index contributed by atoms with van der Waals surface area (Å²) in [6.45, 7) is 4.48. The van der Waals surface area contributed by atoms with Crippen LogP contribution in [0.1, 0.15) is 62.1 Å². The van der Waals surface area contributed by atoms with Gasteiger partial charge in [-0.25, -0.2) is 4.79 Å². The van der Waals surface area contributed by atoms with Gasteiger partial charge in [-0.15, -0.1) is 6.58 Å². The van der Waals surface area contributed by atoms with Gasteiger partial charge in [0.1, 0.15) is 30.1 Å². The molecule has 2 heterocycles.